The molecule has 1 saturated heterocycles. The first-order chi connectivity index (χ1) is 17.9. The molecular formula is C25H25N5O6S. The van der Waals surface area contributed by atoms with E-state index in [1.165, 1.54) is 48.7 Å². The lowest BCUT2D eigenvalue weighted by Gasteiger charge is -2.23. The third-order valence-corrected chi connectivity index (χ3v) is 6.91. The highest BCUT2D eigenvalue weighted by atomic mass is 32.2. The van der Waals surface area contributed by atoms with Gasteiger partial charge in [0.2, 0.25) is 0 Å². The van der Waals surface area contributed by atoms with E-state index in [1.807, 2.05) is 0 Å². The van der Waals surface area contributed by atoms with Crippen LogP contribution in [0.1, 0.15) is 35.2 Å². The van der Waals surface area contributed by atoms with Crippen molar-refractivity contribution in [2.75, 3.05) is 11.3 Å². The SMILES string of the molecule is O=CCc1cc(N=Nc2ccc(S(=O)(=O)Nc3ccccn3)cc2)cc(C(=O)OC2CCCCN2)c1O. The second kappa shape index (κ2) is 11.7. The van der Waals surface area contributed by atoms with Gasteiger partial charge in [0, 0.05) is 18.2 Å². The molecule has 1 unspecified atom stereocenters. The van der Waals surface area contributed by atoms with Crippen LogP contribution in [-0.2, 0) is 26.0 Å². The van der Waals surface area contributed by atoms with Crippen molar-refractivity contribution in [2.45, 2.75) is 36.8 Å². The number of carbonyl (C=O) groups excluding carboxylic acids is 2. The summed E-state index contributed by atoms with van der Waals surface area (Å²) >= 11 is 0. The molecule has 2 heterocycles. The number of phenolic OH excluding ortho intramolecular Hbond substituents is 1. The molecule has 0 spiro atoms. The van der Waals surface area contributed by atoms with Crippen molar-refractivity contribution in [3.63, 3.8) is 0 Å². The molecule has 11 nitrogen and oxygen atoms in total. The summed E-state index contributed by atoms with van der Waals surface area (Å²) in [6, 6.07) is 13.3. The number of azo groups is 1. The van der Waals surface area contributed by atoms with E-state index in [1.54, 1.807) is 12.1 Å². The van der Waals surface area contributed by atoms with Crippen molar-refractivity contribution < 1.29 is 27.9 Å². The van der Waals surface area contributed by atoms with E-state index in [2.05, 4.69) is 25.3 Å². The van der Waals surface area contributed by atoms with Crippen LogP contribution in [0, 0.1) is 0 Å². The number of aromatic hydroxyl groups is 1. The van der Waals surface area contributed by atoms with E-state index in [-0.39, 0.29) is 39.7 Å². The molecule has 1 atom stereocenters. The molecule has 2 aromatic carbocycles. The van der Waals surface area contributed by atoms with Gasteiger partial charge in [-0.3, -0.25) is 10.0 Å². The van der Waals surface area contributed by atoms with Crippen molar-refractivity contribution in [1.29, 1.82) is 0 Å². The lowest BCUT2D eigenvalue weighted by atomic mass is 10.0. The highest BCUT2D eigenvalue weighted by Crippen LogP contribution is 2.31. The summed E-state index contributed by atoms with van der Waals surface area (Å²) in [6.45, 7) is 0.730. The van der Waals surface area contributed by atoms with Crippen LogP contribution in [0.25, 0.3) is 0 Å². The predicted octanol–water partition coefficient (Wildman–Crippen LogP) is 4.00. The molecule has 12 heteroatoms. The summed E-state index contributed by atoms with van der Waals surface area (Å²) in [5.41, 5.74) is 0.642. The van der Waals surface area contributed by atoms with Gasteiger partial charge in [0.15, 0.2) is 6.23 Å². The number of ether oxygens (including phenoxy) is 1. The van der Waals surface area contributed by atoms with Gasteiger partial charge in [-0.15, -0.1) is 0 Å². The molecular weight excluding hydrogens is 498 g/mol. The minimum absolute atomic E-state index is 0.0105. The molecule has 0 radical (unpaired) electrons. The van der Waals surface area contributed by atoms with Crippen molar-refractivity contribution >= 4 is 39.5 Å². The number of aromatic nitrogens is 1. The number of nitrogens with zero attached hydrogens (tertiary/aromatic N) is 3. The Bertz CT molecular complexity index is 1390. The Hall–Kier alpha value is -4.16. The zero-order valence-electron chi connectivity index (χ0n) is 19.7. The Kier molecular flexibility index (Phi) is 8.21. The Morgan fingerprint density at radius 2 is 1.92 bits per heavy atom. The number of hydrogen-bond donors (Lipinski definition) is 3. The van der Waals surface area contributed by atoms with Gasteiger partial charge >= 0.3 is 5.97 Å². The number of phenols is 1. The molecule has 0 aliphatic carbocycles. The number of rotatable bonds is 9. The highest BCUT2D eigenvalue weighted by molar-refractivity contribution is 7.92. The zero-order valence-corrected chi connectivity index (χ0v) is 20.5. The molecule has 1 aliphatic heterocycles. The molecule has 0 amide bonds. The zero-order chi connectivity index (χ0) is 26.3. The van der Waals surface area contributed by atoms with E-state index in [9.17, 15) is 23.1 Å². The predicted molar refractivity (Wildman–Crippen MR) is 135 cm³/mol. The minimum atomic E-state index is -3.84. The summed E-state index contributed by atoms with van der Waals surface area (Å²) in [4.78, 5) is 27.8. The fraction of sp³-hybridized carbons (Fsp3) is 0.240. The van der Waals surface area contributed by atoms with E-state index in [4.69, 9.17) is 4.74 Å². The maximum absolute atomic E-state index is 12.7. The summed E-state index contributed by atoms with van der Waals surface area (Å²) in [7, 11) is -3.84. The van der Waals surface area contributed by atoms with Gasteiger partial charge in [0.25, 0.3) is 10.0 Å². The van der Waals surface area contributed by atoms with Gasteiger partial charge in [0.1, 0.15) is 23.4 Å². The number of piperidine rings is 1. The number of esters is 1. The van der Waals surface area contributed by atoms with Crippen LogP contribution in [0.15, 0.2) is 75.9 Å². The van der Waals surface area contributed by atoms with E-state index >= 15 is 0 Å². The molecule has 192 valence electrons. The fourth-order valence-electron chi connectivity index (χ4n) is 3.68. The Morgan fingerprint density at radius 1 is 1.14 bits per heavy atom. The van der Waals surface area contributed by atoms with Gasteiger partial charge in [-0.05, 0) is 74.3 Å². The first kappa shape index (κ1) is 25.9. The van der Waals surface area contributed by atoms with Crippen LogP contribution in [0.5, 0.6) is 5.75 Å². The number of benzene rings is 2. The van der Waals surface area contributed by atoms with E-state index in [0.717, 1.165) is 19.4 Å². The average molecular weight is 524 g/mol. The number of pyridine rings is 1. The smallest absolute Gasteiger partial charge is 0.343 e. The summed E-state index contributed by atoms with van der Waals surface area (Å²) in [5.74, 6) is -0.892. The van der Waals surface area contributed by atoms with Gasteiger partial charge in [-0.1, -0.05) is 6.07 Å². The molecule has 0 bridgehead atoms. The molecule has 3 N–H and O–H groups in total. The molecule has 1 aliphatic rings. The van der Waals surface area contributed by atoms with Crippen LogP contribution in [-0.4, -0.2) is 43.5 Å². The third-order valence-electron chi connectivity index (χ3n) is 5.54. The first-order valence-electron chi connectivity index (χ1n) is 11.6. The number of nitrogens with one attached hydrogen (secondary N) is 2. The van der Waals surface area contributed by atoms with Crippen molar-refractivity contribution in [3.05, 3.63) is 71.9 Å². The van der Waals surface area contributed by atoms with Gasteiger partial charge in [-0.25, -0.2) is 18.2 Å². The lowest BCUT2D eigenvalue weighted by Crippen LogP contribution is -2.37. The average Bonchev–Trinajstić information content (AvgIpc) is 2.90. The molecule has 1 aromatic heterocycles. The highest BCUT2D eigenvalue weighted by Gasteiger charge is 2.23. The Morgan fingerprint density at radius 3 is 2.59 bits per heavy atom. The number of carbonyl (C=O) groups is 2. The summed E-state index contributed by atoms with van der Waals surface area (Å²) in [5, 5.41) is 21.8. The van der Waals surface area contributed by atoms with Crippen LogP contribution < -0.4 is 10.0 Å². The lowest BCUT2D eigenvalue weighted by molar-refractivity contribution is -0.107. The van der Waals surface area contributed by atoms with Crippen molar-refractivity contribution in [3.8, 4) is 5.75 Å². The van der Waals surface area contributed by atoms with Crippen molar-refractivity contribution in [2.24, 2.45) is 10.2 Å². The number of sulfonamides is 1. The molecule has 0 saturated carbocycles. The van der Waals surface area contributed by atoms with E-state index in [0.29, 0.717) is 18.4 Å². The number of aldehydes is 1. The van der Waals surface area contributed by atoms with Crippen LogP contribution >= 0.6 is 0 Å². The normalized spacial score (nSPS) is 15.8. The third kappa shape index (κ3) is 6.74. The summed E-state index contributed by atoms with van der Waals surface area (Å²) in [6.07, 6.45) is 4.06. The summed E-state index contributed by atoms with van der Waals surface area (Å²) < 4.78 is 33.0. The maximum atomic E-state index is 12.7. The molecule has 4 rings (SSSR count). The topological polar surface area (TPSA) is 159 Å². The Balaban J connectivity index is 1.52. The molecule has 37 heavy (non-hydrogen) atoms. The van der Waals surface area contributed by atoms with E-state index < -0.39 is 22.2 Å². The van der Waals surface area contributed by atoms with Crippen LogP contribution in [0.4, 0.5) is 17.2 Å². The number of anilines is 1. The number of hydrogen-bond acceptors (Lipinski definition) is 10. The fourth-order valence-corrected chi connectivity index (χ4v) is 4.69. The minimum Gasteiger partial charge on any atom is -0.507 e. The van der Waals surface area contributed by atoms with Crippen LogP contribution in [0.3, 0.4) is 0 Å². The first-order valence-corrected chi connectivity index (χ1v) is 13.0. The largest absolute Gasteiger partial charge is 0.507 e. The van der Waals surface area contributed by atoms with Gasteiger partial charge in [0.05, 0.1) is 16.3 Å². The standard InChI is InChI=1S/C25H25N5O6S/c31-14-11-17-15-19(16-21(24(17)32)25(33)36-23-6-2-4-13-27-23)29-28-18-7-9-20(10-8-18)37(34,35)30-22-5-1-3-12-26-22/h1,3,5,7-10,12,14-16,23,27,32H,2,4,6,11,13H2,(H,26,30). The second-order valence-corrected chi connectivity index (χ2v) is 9.91. The second-order valence-electron chi connectivity index (χ2n) is 8.23. The molecule has 1 fully saturated rings. The monoisotopic (exact) mass is 523 g/mol. The maximum Gasteiger partial charge on any atom is 0.343 e. The molecule has 3 aromatic rings. The van der Waals surface area contributed by atoms with Gasteiger partial charge < -0.3 is 14.6 Å². The van der Waals surface area contributed by atoms with Gasteiger partial charge in [-0.2, -0.15) is 10.2 Å². The van der Waals surface area contributed by atoms with Crippen molar-refractivity contribution in [1.82, 2.24) is 10.3 Å². The Labute approximate surface area is 213 Å². The van der Waals surface area contributed by atoms with Crippen LogP contribution in [0.2, 0.25) is 0 Å². The quantitative estimate of drug-likeness (QED) is 0.216.